The quantitative estimate of drug-likeness (QED) is 0.742. The molecular formula is C12H21N3O2. The number of hydrogen-bond acceptors (Lipinski definition) is 3. The van der Waals surface area contributed by atoms with Gasteiger partial charge in [-0.2, -0.15) is 0 Å². The number of nitrogens with zero attached hydrogens (tertiary/aromatic N) is 2. The molecule has 5 nitrogen and oxygen atoms in total. The van der Waals surface area contributed by atoms with E-state index in [0.29, 0.717) is 6.54 Å². The summed E-state index contributed by atoms with van der Waals surface area (Å²) in [6, 6.07) is 0. The van der Waals surface area contributed by atoms with Gasteiger partial charge in [0.05, 0.1) is 12.5 Å². The van der Waals surface area contributed by atoms with Crippen molar-refractivity contribution in [3.05, 3.63) is 0 Å². The second-order valence-electron chi connectivity index (χ2n) is 5.07. The molecule has 2 rings (SSSR count). The van der Waals surface area contributed by atoms with Crippen molar-refractivity contribution in [1.82, 2.24) is 9.80 Å². The summed E-state index contributed by atoms with van der Waals surface area (Å²) in [6.07, 6.45) is 4.36. The van der Waals surface area contributed by atoms with Crippen LogP contribution in [-0.2, 0) is 9.59 Å². The molecule has 2 aliphatic heterocycles. The van der Waals surface area contributed by atoms with Crippen molar-refractivity contribution in [3.63, 3.8) is 0 Å². The lowest BCUT2D eigenvalue weighted by atomic mass is 10.0. The van der Waals surface area contributed by atoms with E-state index in [0.717, 1.165) is 38.9 Å². The van der Waals surface area contributed by atoms with Gasteiger partial charge in [-0.15, -0.1) is 0 Å². The van der Waals surface area contributed by atoms with Gasteiger partial charge in [0.25, 0.3) is 0 Å². The van der Waals surface area contributed by atoms with Gasteiger partial charge in [0.15, 0.2) is 0 Å². The molecule has 96 valence electrons. The van der Waals surface area contributed by atoms with Crippen LogP contribution in [0.1, 0.15) is 25.7 Å². The van der Waals surface area contributed by atoms with Crippen LogP contribution in [0.25, 0.3) is 0 Å². The molecule has 2 heterocycles. The highest BCUT2D eigenvalue weighted by molar-refractivity contribution is 5.80. The fourth-order valence-corrected chi connectivity index (χ4v) is 2.77. The summed E-state index contributed by atoms with van der Waals surface area (Å²) in [6.45, 7) is 3.60. The van der Waals surface area contributed by atoms with Gasteiger partial charge < -0.3 is 10.6 Å². The number of carbonyl (C=O) groups is 2. The normalized spacial score (nSPS) is 26.1. The standard InChI is InChI=1S/C12H21N3O2/c13-11(16)9-14-7-4-10(8-14)12(17)15-5-2-1-3-6-15/h10H,1-9H2,(H2,13,16). The average Bonchev–Trinajstić information content (AvgIpc) is 2.77. The summed E-state index contributed by atoms with van der Waals surface area (Å²) in [5.74, 6) is 0.0418. The number of primary amides is 1. The SMILES string of the molecule is NC(=O)CN1CCC(C(=O)N2CCCCC2)C1. The number of carbonyl (C=O) groups excluding carboxylic acids is 2. The second kappa shape index (κ2) is 5.49. The van der Waals surface area contributed by atoms with Gasteiger partial charge in [0, 0.05) is 19.6 Å². The molecule has 2 amide bonds. The lowest BCUT2D eigenvalue weighted by molar-refractivity contribution is -0.136. The number of amides is 2. The lowest BCUT2D eigenvalue weighted by Gasteiger charge is -2.29. The maximum Gasteiger partial charge on any atom is 0.231 e. The topological polar surface area (TPSA) is 66.6 Å². The minimum absolute atomic E-state index is 0.0763. The monoisotopic (exact) mass is 239 g/mol. The largest absolute Gasteiger partial charge is 0.369 e. The number of rotatable bonds is 3. The Morgan fingerprint density at radius 3 is 2.47 bits per heavy atom. The lowest BCUT2D eigenvalue weighted by Crippen LogP contribution is -2.41. The molecule has 0 aliphatic carbocycles. The Hall–Kier alpha value is -1.10. The zero-order chi connectivity index (χ0) is 12.3. The van der Waals surface area contributed by atoms with Crippen LogP contribution in [0.3, 0.4) is 0 Å². The van der Waals surface area contributed by atoms with E-state index in [9.17, 15) is 9.59 Å². The fraction of sp³-hybridized carbons (Fsp3) is 0.833. The van der Waals surface area contributed by atoms with Crippen LogP contribution in [0.15, 0.2) is 0 Å². The first-order chi connectivity index (χ1) is 8.16. The van der Waals surface area contributed by atoms with E-state index in [1.807, 2.05) is 9.80 Å². The number of nitrogens with two attached hydrogens (primary N) is 1. The predicted octanol–water partition coefficient (Wildman–Crippen LogP) is -0.194. The third kappa shape index (κ3) is 3.19. The Bertz CT molecular complexity index is 300. The molecule has 2 N–H and O–H groups in total. The zero-order valence-electron chi connectivity index (χ0n) is 10.2. The van der Waals surface area contributed by atoms with E-state index in [-0.39, 0.29) is 24.3 Å². The minimum Gasteiger partial charge on any atom is -0.369 e. The summed E-state index contributed by atoms with van der Waals surface area (Å²) in [4.78, 5) is 27.0. The van der Waals surface area contributed by atoms with Crippen molar-refractivity contribution in [1.29, 1.82) is 0 Å². The van der Waals surface area contributed by atoms with E-state index in [4.69, 9.17) is 5.73 Å². The van der Waals surface area contributed by atoms with Crippen LogP contribution in [0.4, 0.5) is 0 Å². The Kier molecular flexibility index (Phi) is 3.99. The first kappa shape index (κ1) is 12.4. The van der Waals surface area contributed by atoms with E-state index < -0.39 is 0 Å². The van der Waals surface area contributed by atoms with Gasteiger partial charge in [-0.25, -0.2) is 0 Å². The molecule has 1 atom stereocenters. The van der Waals surface area contributed by atoms with E-state index in [1.54, 1.807) is 0 Å². The Labute approximate surface area is 102 Å². The molecule has 1 unspecified atom stereocenters. The smallest absolute Gasteiger partial charge is 0.231 e. The first-order valence-corrected chi connectivity index (χ1v) is 6.46. The molecule has 2 aliphatic rings. The molecule has 0 saturated carbocycles. The Morgan fingerprint density at radius 2 is 1.82 bits per heavy atom. The van der Waals surface area contributed by atoms with Crippen LogP contribution in [0, 0.1) is 5.92 Å². The van der Waals surface area contributed by atoms with E-state index in [2.05, 4.69) is 0 Å². The maximum absolute atomic E-state index is 12.2. The van der Waals surface area contributed by atoms with Crippen molar-refractivity contribution in [3.8, 4) is 0 Å². The van der Waals surface area contributed by atoms with Crippen molar-refractivity contribution >= 4 is 11.8 Å². The van der Waals surface area contributed by atoms with Crippen LogP contribution in [-0.4, -0.2) is 54.3 Å². The van der Waals surface area contributed by atoms with Gasteiger partial charge in [-0.1, -0.05) is 0 Å². The zero-order valence-corrected chi connectivity index (χ0v) is 10.2. The first-order valence-electron chi connectivity index (χ1n) is 6.46. The number of likely N-dealkylation sites (tertiary alicyclic amines) is 2. The van der Waals surface area contributed by atoms with Crippen LogP contribution in [0.5, 0.6) is 0 Å². The molecule has 0 aromatic heterocycles. The third-order valence-corrected chi connectivity index (χ3v) is 3.67. The fourth-order valence-electron chi connectivity index (χ4n) is 2.77. The molecule has 0 aromatic rings. The van der Waals surface area contributed by atoms with Crippen LogP contribution < -0.4 is 5.73 Å². The Balaban J connectivity index is 1.82. The minimum atomic E-state index is -0.309. The van der Waals surface area contributed by atoms with Gasteiger partial charge in [-0.3, -0.25) is 14.5 Å². The summed E-state index contributed by atoms with van der Waals surface area (Å²) >= 11 is 0. The van der Waals surface area contributed by atoms with E-state index >= 15 is 0 Å². The molecule has 5 heteroatoms. The van der Waals surface area contributed by atoms with Crippen molar-refractivity contribution < 1.29 is 9.59 Å². The van der Waals surface area contributed by atoms with Gasteiger partial charge in [0.2, 0.25) is 11.8 Å². The molecular weight excluding hydrogens is 218 g/mol. The summed E-state index contributed by atoms with van der Waals surface area (Å²) in [5.41, 5.74) is 5.16. The highest BCUT2D eigenvalue weighted by atomic mass is 16.2. The van der Waals surface area contributed by atoms with Gasteiger partial charge in [-0.05, 0) is 32.2 Å². The number of piperidine rings is 1. The van der Waals surface area contributed by atoms with Crippen molar-refractivity contribution in [2.75, 3.05) is 32.7 Å². The molecule has 2 fully saturated rings. The van der Waals surface area contributed by atoms with E-state index in [1.165, 1.54) is 6.42 Å². The molecule has 2 saturated heterocycles. The summed E-state index contributed by atoms with van der Waals surface area (Å²) in [5, 5.41) is 0. The van der Waals surface area contributed by atoms with Crippen LogP contribution >= 0.6 is 0 Å². The molecule has 0 bridgehead atoms. The maximum atomic E-state index is 12.2. The second-order valence-corrected chi connectivity index (χ2v) is 5.07. The number of hydrogen-bond donors (Lipinski definition) is 1. The molecule has 0 aromatic carbocycles. The molecule has 0 spiro atoms. The summed E-state index contributed by atoms with van der Waals surface area (Å²) < 4.78 is 0. The summed E-state index contributed by atoms with van der Waals surface area (Å²) in [7, 11) is 0. The average molecular weight is 239 g/mol. The van der Waals surface area contributed by atoms with Gasteiger partial charge >= 0.3 is 0 Å². The predicted molar refractivity (Wildman–Crippen MR) is 64.2 cm³/mol. The van der Waals surface area contributed by atoms with Crippen molar-refractivity contribution in [2.45, 2.75) is 25.7 Å². The highest BCUT2D eigenvalue weighted by Gasteiger charge is 2.32. The third-order valence-electron chi connectivity index (χ3n) is 3.67. The van der Waals surface area contributed by atoms with Crippen LogP contribution in [0.2, 0.25) is 0 Å². The van der Waals surface area contributed by atoms with Crippen molar-refractivity contribution in [2.24, 2.45) is 11.7 Å². The Morgan fingerprint density at radius 1 is 1.12 bits per heavy atom. The molecule has 0 radical (unpaired) electrons. The van der Waals surface area contributed by atoms with Gasteiger partial charge in [0.1, 0.15) is 0 Å². The molecule has 17 heavy (non-hydrogen) atoms. The highest BCUT2D eigenvalue weighted by Crippen LogP contribution is 2.20.